The third-order valence-corrected chi connectivity index (χ3v) is 5.12. The zero-order valence-electron chi connectivity index (χ0n) is 12.6. The van der Waals surface area contributed by atoms with E-state index in [4.69, 9.17) is 4.74 Å². The van der Waals surface area contributed by atoms with Crippen molar-refractivity contribution in [2.24, 2.45) is 5.41 Å². The molecule has 2 aliphatic rings. The van der Waals surface area contributed by atoms with Crippen LogP contribution in [0, 0.1) is 11.2 Å². The smallest absolute Gasteiger partial charge is 0.321 e. The monoisotopic (exact) mass is 308 g/mol. The molecule has 2 fully saturated rings. The maximum absolute atomic E-state index is 13.6. The lowest BCUT2D eigenvalue weighted by molar-refractivity contribution is -0.198. The molecular formula is C16H21FN2O3. The number of methoxy groups -OCH3 is 1. The maximum Gasteiger partial charge on any atom is 0.321 e. The number of hydrogen-bond acceptors (Lipinski definition) is 3. The number of nitrogens with zero attached hydrogens (tertiary/aromatic N) is 1. The van der Waals surface area contributed by atoms with Gasteiger partial charge in [-0.25, -0.2) is 9.18 Å². The van der Waals surface area contributed by atoms with E-state index in [-0.39, 0.29) is 29.3 Å². The van der Waals surface area contributed by atoms with Gasteiger partial charge in [-0.2, -0.15) is 0 Å². The Kier molecular flexibility index (Phi) is 4.06. The van der Waals surface area contributed by atoms with Gasteiger partial charge in [0.15, 0.2) is 0 Å². The van der Waals surface area contributed by atoms with Gasteiger partial charge in [0.05, 0.1) is 17.9 Å². The van der Waals surface area contributed by atoms with Gasteiger partial charge in [0.1, 0.15) is 5.82 Å². The van der Waals surface area contributed by atoms with E-state index >= 15 is 0 Å². The number of nitrogens with one attached hydrogen (secondary N) is 1. The molecule has 120 valence electrons. The number of para-hydroxylation sites is 1. The number of urea groups is 1. The van der Waals surface area contributed by atoms with Gasteiger partial charge in [-0.1, -0.05) is 12.1 Å². The molecular weight excluding hydrogens is 287 g/mol. The Morgan fingerprint density at radius 2 is 2.09 bits per heavy atom. The van der Waals surface area contributed by atoms with Crippen LogP contribution in [0.1, 0.15) is 19.3 Å². The van der Waals surface area contributed by atoms with Crippen LogP contribution >= 0.6 is 0 Å². The summed E-state index contributed by atoms with van der Waals surface area (Å²) in [5, 5.41) is 12.7. The van der Waals surface area contributed by atoms with Gasteiger partial charge >= 0.3 is 6.03 Å². The Labute approximate surface area is 129 Å². The number of anilines is 1. The van der Waals surface area contributed by atoms with E-state index in [0.29, 0.717) is 32.4 Å². The number of hydrogen-bond donors (Lipinski definition) is 2. The summed E-state index contributed by atoms with van der Waals surface area (Å²) in [5.74, 6) is -0.446. The second-order valence-electron chi connectivity index (χ2n) is 6.11. The molecule has 1 saturated heterocycles. The topological polar surface area (TPSA) is 61.8 Å². The van der Waals surface area contributed by atoms with Crippen molar-refractivity contribution in [1.82, 2.24) is 4.90 Å². The van der Waals surface area contributed by atoms with Crippen LogP contribution in [0.25, 0.3) is 0 Å². The fourth-order valence-electron chi connectivity index (χ4n) is 3.60. The van der Waals surface area contributed by atoms with Crippen molar-refractivity contribution >= 4 is 11.7 Å². The van der Waals surface area contributed by atoms with E-state index in [1.165, 1.54) is 12.1 Å². The van der Waals surface area contributed by atoms with Crippen molar-refractivity contribution in [3.05, 3.63) is 30.1 Å². The molecule has 1 saturated carbocycles. The van der Waals surface area contributed by atoms with E-state index in [9.17, 15) is 14.3 Å². The highest BCUT2D eigenvalue weighted by Crippen LogP contribution is 2.50. The Hall–Kier alpha value is -1.66. The summed E-state index contributed by atoms with van der Waals surface area (Å²) in [6.45, 7) is 1.08. The minimum Gasteiger partial charge on any atom is -0.392 e. The summed E-state index contributed by atoms with van der Waals surface area (Å²) in [4.78, 5) is 13.9. The molecule has 0 radical (unpaired) electrons. The second-order valence-corrected chi connectivity index (χ2v) is 6.11. The van der Waals surface area contributed by atoms with Gasteiger partial charge in [-0.3, -0.25) is 0 Å². The molecule has 1 aromatic carbocycles. The van der Waals surface area contributed by atoms with Gasteiger partial charge in [0.25, 0.3) is 0 Å². The van der Waals surface area contributed by atoms with Gasteiger partial charge in [-0.15, -0.1) is 0 Å². The van der Waals surface area contributed by atoms with Crippen molar-refractivity contribution in [1.29, 1.82) is 0 Å². The summed E-state index contributed by atoms with van der Waals surface area (Å²) in [6, 6.07) is 5.81. The fraction of sp³-hybridized carbons (Fsp3) is 0.562. The molecule has 1 aliphatic heterocycles. The number of aliphatic hydroxyl groups is 1. The number of piperidine rings is 1. The fourth-order valence-corrected chi connectivity index (χ4v) is 3.60. The SMILES string of the molecule is CO[C@@H]1C[C@H](O)C12CCN(C(=O)Nc1ccccc1F)CC2. The zero-order valence-corrected chi connectivity index (χ0v) is 12.6. The van der Waals surface area contributed by atoms with Crippen LogP contribution in [0.2, 0.25) is 0 Å². The lowest BCUT2D eigenvalue weighted by Gasteiger charge is -2.56. The van der Waals surface area contributed by atoms with Crippen molar-refractivity contribution < 1.29 is 19.0 Å². The summed E-state index contributed by atoms with van der Waals surface area (Å²) in [6.07, 6.45) is 1.79. The average Bonchev–Trinajstić information content (AvgIpc) is 2.54. The van der Waals surface area contributed by atoms with Crippen LogP contribution in [-0.4, -0.2) is 48.4 Å². The molecule has 0 unspecified atom stereocenters. The van der Waals surface area contributed by atoms with Crippen molar-refractivity contribution in [3.63, 3.8) is 0 Å². The molecule has 6 heteroatoms. The molecule has 22 heavy (non-hydrogen) atoms. The van der Waals surface area contributed by atoms with E-state index in [0.717, 1.165) is 0 Å². The normalized spacial score (nSPS) is 26.6. The molecule has 0 aromatic heterocycles. The molecule has 1 spiro atoms. The molecule has 0 bridgehead atoms. The van der Waals surface area contributed by atoms with Crippen LogP contribution < -0.4 is 5.32 Å². The predicted molar refractivity (Wildman–Crippen MR) is 80.1 cm³/mol. The molecule has 1 heterocycles. The molecule has 2 N–H and O–H groups in total. The third-order valence-electron chi connectivity index (χ3n) is 5.12. The summed E-state index contributed by atoms with van der Waals surface area (Å²) in [7, 11) is 1.66. The number of carbonyl (C=O) groups excluding carboxylic acids is 1. The minimum atomic E-state index is -0.446. The van der Waals surface area contributed by atoms with Crippen LogP contribution in [0.3, 0.4) is 0 Å². The summed E-state index contributed by atoms with van der Waals surface area (Å²) >= 11 is 0. The Bertz CT molecular complexity index is 558. The number of aliphatic hydroxyl groups excluding tert-OH is 1. The zero-order chi connectivity index (χ0) is 15.7. The van der Waals surface area contributed by atoms with Crippen molar-refractivity contribution in [3.8, 4) is 0 Å². The number of likely N-dealkylation sites (tertiary alicyclic amines) is 1. The first-order valence-electron chi connectivity index (χ1n) is 7.58. The average molecular weight is 308 g/mol. The Morgan fingerprint density at radius 1 is 1.41 bits per heavy atom. The highest BCUT2D eigenvalue weighted by atomic mass is 19.1. The number of carbonyl (C=O) groups is 1. The van der Waals surface area contributed by atoms with Crippen LogP contribution in [-0.2, 0) is 4.74 Å². The maximum atomic E-state index is 13.6. The molecule has 2 amide bonds. The largest absolute Gasteiger partial charge is 0.392 e. The lowest BCUT2D eigenvalue weighted by Crippen LogP contribution is -2.62. The first kappa shape index (κ1) is 15.2. The van der Waals surface area contributed by atoms with Crippen molar-refractivity contribution in [2.45, 2.75) is 31.5 Å². The van der Waals surface area contributed by atoms with Crippen LogP contribution in [0.4, 0.5) is 14.9 Å². The predicted octanol–water partition coefficient (Wildman–Crippen LogP) is 2.22. The second kappa shape index (κ2) is 5.85. The van der Waals surface area contributed by atoms with Gasteiger partial charge in [0.2, 0.25) is 0 Å². The Balaban J connectivity index is 1.60. The van der Waals surface area contributed by atoms with Crippen LogP contribution in [0.15, 0.2) is 24.3 Å². The first-order chi connectivity index (χ1) is 10.6. The molecule has 1 aromatic rings. The number of ether oxygens (including phenoxy) is 1. The van der Waals surface area contributed by atoms with Crippen molar-refractivity contribution in [2.75, 3.05) is 25.5 Å². The number of rotatable bonds is 2. The highest BCUT2D eigenvalue weighted by Gasteiger charge is 2.56. The van der Waals surface area contributed by atoms with Gasteiger partial charge < -0.3 is 20.1 Å². The van der Waals surface area contributed by atoms with Gasteiger partial charge in [0, 0.05) is 32.0 Å². The molecule has 1 aliphatic carbocycles. The number of benzene rings is 1. The molecule has 5 nitrogen and oxygen atoms in total. The van der Waals surface area contributed by atoms with E-state index < -0.39 is 5.82 Å². The minimum absolute atomic E-state index is 0.0688. The van der Waals surface area contributed by atoms with E-state index in [1.807, 2.05) is 0 Å². The molecule has 3 rings (SSSR count). The standard InChI is InChI=1S/C16H21FN2O3/c1-22-14-10-13(20)16(14)6-8-19(9-7-16)15(21)18-12-5-3-2-4-11(12)17/h2-5,13-14,20H,6-10H2,1H3,(H,18,21)/t13-,14+/m0/s1. The Morgan fingerprint density at radius 3 is 2.68 bits per heavy atom. The molecule has 2 atom stereocenters. The lowest BCUT2D eigenvalue weighted by atomic mass is 9.58. The summed E-state index contributed by atoms with van der Waals surface area (Å²) < 4.78 is 19.0. The highest BCUT2D eigenvalue weighted by molar-refractivity contribution is 5.89. The first-order valence-corrected chi connectivity index (χ1v) is 7.58. The number of halogens is 1. The van der Waals surface area contributed by atoms with Gasteiger partial charge in [-0.05, 0) is 25.0 Å². The third kappa shape index (κ3) is 2.46. The van der Waals surface area contributed by atoms with Crippen LogP contribution in [0.5, 0.6) is 0 Å². The number of amides is 2. The summed E-state index contributed by atoms with van der Waals surface area (Å²) in [5.41, 5.74) is -0.0324. The van der Waals surface area contributed by atoms with E-state index in [1.54, 1.807) is 24.1 Å². The quantitative estimate of drug-likeness (QED) is 0.880. The van der Waals surface area contributed by atoms with E-state index in [2.05, 4.69) is 5.32 Å².